The van der Waals surface area contributed by atoms with Crippen molar-refractivity contribution in [1.29, 1.82) is 0 Å². The lowest BCUT2D eigenvalue weighted by atomic mass is 10.2. The second-order valence-electron chi connectivity index (χ2n) is 7.88. The van der Waals surface area contributed by atoms with E-state index in [-0.39, 0.29) is 24.5 Å². The molecule has 3 aromatic rings. The summed E-state index contributed by atoms with van der Waals surface area (Å²) >= 11 is 1.25. The number of hydrogen-bond acceptors (Lipinski definition) is 7. The molecule has 0 bridgehead atoms. The summed E-state index contributed by atoms with van der Waals surface area (Å²) in [5, 5.41) is 7.78. The lowest BCUT2D eigenvalue weighted by Crippen LogP contribution is -2.51. The molecule has 1 saturated heterocycles. The lowest BCUT2D eigenvalue weighted by Gasteiger charge is -2.33. The molecule has 4 rings (SSSR count). The Morgan fingerprint density at radius 1 is 0.944 bits per heavy atom. The number of anilines is 2. The molecular formula is C25H27N5O5S. The molecule has 4 amide bonds. The molecule has 0 atom stereocenters. The Bertz CT molecular complexity index is 1190. The molecule has 0 aliphatic carbocycles. The summed E-state index contributed by atoms with van der Waals surface area (Å²) in [5.41, 5.74) is 1.10. The Hall–Kier alpha value is -4.12. The molecule has 2 aromatic carbocycles. The summed E-state index contributed by atoms with van der Waals surface area (Å²) in [4.78, 5) is 44.6. The molecule has 188 valence electrons. The third kappa shape index (κ3) is 6.72. The number of carbonyl (C=O) groups is 3. The molecule has 11 heteroatoms. The highest BCUT2D eigenvalue weighted by atomic mass is 32.1. The van der Waals surface area contributed by atoms with Crippen molar-refractivity contribution in [3.05, 3.63) is 65.7 Å². The van der Waals surface area contributed by atoms with Crippen LogP contribution >= 0.6 is 11.3 Å². The second kappa shape index (κ2) is 12.0. The monoisotopic (exact) mass is 509 g/mol. The van der Waals surface area contributed by atoms with Crippen LogP contribution in [0.25, 0.3) is 0 Å². The fourth-order valence-corrected chi connectivity index (χ4v) is 4.26. The minimum absolute atomic E-state index is 0.0459. The lowest BCUT2D eigenvalue weighted by molar-refractivity contribution is -0.115. The smallest absolute Gasteiger partial charge is 0.409 e. The summed E-state index contributed by atoms with van der Waals surface area (Å²) in [7, 11) is 0. The predicted octanol–water partition coefficient (Wildman–Crippen LogP) is 4.42. The van der Waals surface area contributed by atoms with E-state index >= 15 is 0 Å². The van der Waals surface area contributed by atoms with Gasteiger partial charge in [-0.2, -0.15) is 0 Å². The van der Waals surface area contributed by atoms with Gasteiger partial charge < -0.3 is 24.6 Å². The van der Waals surface area contributed by atoms with E-state index in [0.717, 1.165) is 0 Å². The number of rotatable bonds is 7. The van der Waals surface area contributed by atoms with Crippen LogP contribution in [0, 0.1) is 0 Å². The van der Waals surface area contributed by atoms with Gasteiger partial charge in [0, 0.05) is 31.6 Å². The van der Waals surface area contributed by atoms with E-state index in [1.165, 1.54) is 11.3 Å². The van der Waals surface area contributed by atoms with Crippen LogP contribution in [-0.2, 0) is 16.0 Å². The highest BCUT2D eigenvalue weighted by Gasteiger charge is 2.25. The van der Waals surface area contributed by atoms with Crippen LogP contribution in [0.5, 0.6) is 11.5 Å². The van der Waals surface area contributed by atoms with Crippen LogP contribution in [0.2, 0.25) is 0 Å². The summed E-state index contributed by atoms with van der Waals surface area (Å²) in [6, 6.07) is 16.2. The molecule has 1 aliphatic heterocycles. The third-order valence-electron chi connectivity index (χ3n) is 5.33. The summed E-state index contributed by atoms with van der Waals surface area (Å²) in [6.45, 7) is 3.69. The Balaban J connectivity index is 1.28. The first-order chi connectivity index (χ1) is 17.5. The molecular weight excluding hydrogens is 482 g/mol. The van der Waals surface area contributed by atoms with Crippen LogP contribution in [0.15, 0.2) is 60.0 Å². The topological polar surface area (TPSA) is 113 Å². The number of aromatic nitrogens is 1. The fourth-order valence-electron chi connectivity index (χ4n) is 3.56. The highest BCUT2D eigenvalue weighted by Crippen LogP contribution is 2.29. The quantitative estimate of drug-likeness (QED) is 0.487. The van der Waals surface area contributed by atoms with E-state index in [1.54, 1.807) is 34.2 Å². The maximum absolute atomic E-state index is 12.7. The zero-order valence-electron chi connectivity index (χ0n) is 19.8. The van der Waals surface area contributed by atoms with Gasteiger partial charge >= 0.3 is 12.1 Å². The number of urea groups is 1. The second-order valence-corrected chi connectivity index (χ2v) is 8.74. The van der Waals surface area contributed by atoms with Gasteiger partial charge in [0.1, 0.15) is 5.75 Å². The van der Waals surface area contributed by atoms with Gasteiger partial charge in [-0.15, -0.1) is 11.3 Å². The predicted molar refractivity (Wildman–Crippen MR) is 137 cm³/mol. The van der Waals surface area contributed by atoms with E-state index in [1.807, 2.05) is 42.5 Å². The molecule has 0 radical (unpaired) electrons. The van der Waals surface area contributed by atoms with Crippen LogP contribution in [0.4, 0.5) is 20.4 Å². The molecule has 0 unspecified atom stereocenters. The van der Waals surface area contributed by atoms with Crippen molar-refractivity contribution in [3.8, 4) is 11.5 Å². The van der Waals surface area contributed by atoms with Crippen molar-refractivity contribution in [2.45, 2.75) is 13.3 Å². The van der Waals surface area contributed by atoms with Crippen molar-refractivity contribution in [2.24, 2.45) is 0 Å². The average Bonchev–Trinajstić information content (AvgIpc) is 3.32. The molecule has 1 aliphatic rings. The van der Waals surface area contributed by atoms with Crippen molar-refractivity contribution in [1.82, 2.24) is 14.8 Å². The van der Waals surface area contributed by atoms with E-state index in [2.05, 4.69) is 15.6 Å². The van der Waals surface area contributed by atoms with Gasteiger partial charge in [0.25, 0.3) is 0 Å². The van der Waals surface area contributed by atoms with Crippen LogP contribution in [0.1, 0.15) is 12.6 Å². The normalized spacial score (nSPS) is 13.1. The van der Waals surface area contributed by atoms with Crippen LogP contribution in [-0.4, -0.2) is 65.6 Å². The Morgan fingerprint density at radius 2 is 1.64 bits per heavy atom. The van der Waals surface area contributed by atoms with Crippen molar-refractivity contribution in [3.63, 3.8) is 0 Å². The fraction of sp³-hybridized carbons (Fsp3) is 0.280. The minimum atomic E-state index is -0.366. The number of para-hydroxylation sites is 3. The molecule has 2 heterocycles. The van der Waals surface area contributed by atoms with Gasteiger partial charge in [-0.05, 0) is 31.2 Å². The number of amides is 4. The summed E-state index contributed by atoms with van der Waals surface area (Å²) in [5.74, 6) is 0.949. The van der Waals surface area contributed by atoms with E-state index in [0.29, 0.717) is 60.8 Å². The van der Waals surface area contributed by atoms with Gasteiger partial charge in [-0.25, -0.2) is 14.6 Å². The van der Waals surface area contributed by atoms with E-state index in [4.69, 9.17) is 9.47 Å². The van der Waals surface area contributed by atoms with Crippen molar-refractivity contribution >= 4 is 40.2 Å². The largest absolute Gasteiger partial charge is 0.455 e. The first-order valence-electron chi connectivity index (χ1n) is 11.6. The molecule has 10 nitrogen and oxygen atoms in total. The number of benzene rings is 2. The number of nitrogens with zero attached hydrogens (tertiary/aromatic N) is 3. The molecule has 2 N–H and O–H groups in total. The molecule has 1 aromatic heterocycles. The number of thiazole rings is 1. The van der Waals surface area contributed by atoms with Gasteiger partial charge in [-0.1, -0.05) is 30.3 Å². The zero-order valence-corrected chi connectivity index (χ0v) is 20.6. The maximum Gasteiger partial charge on any atom is 0.409 e. The van der Waals surface area contributed by atoms with Crippen LogP contribution < -0.4 is 15.4 Å². The minimum Gasteiger partial charge on any atom is -0.455 e. The number of piperazine rings is 1. The number of carbonyl (C=O) groups excluding carboxylic acids is 3. The average molecular weight is 510 g/mol. The maximum atomic E-state index is 12.7. The standard InChI is InChI=1S/C25H27N5O5S/c1-2-34-25(33)30-14-12-29(13-15-30)24(32)28-23-26-18(17-36-23)16-22(31)27-20-10-6-7-11-21(20)35-19-8-4-3-5-9-19/h3-11,17H,2,12-16H2,1H3,(H,27,31)(H,26,28,32). The Kier molecular flexibility index (Phi) is 8.35. The Morgan fingerprint density at radius 3 is 2.39 bits per heavy atom. The highest BCUT2D eigenvalue weighted by molar-refractivity contribution is 7.13. The van der Waals surface area contributed by atoms with E-state index < -0.39 is 0 Å². The van der Waals surface area contributed by atoms with Gasteiger partial charge in [0.2, 0.25) is 5.91 Å². The van der Waals surface area contributed by atoms with Gasteiger partial charge in [-0.3, -0.25) is 10.1 Å². The third-order valence-corrected chi connectivity index (χ3v) is 6.14. The molecule has 0 spiro atoms. The van der Waals surface area contributed by atoms with Crippen LogP contribution in [0.3, 0.4) is 0 Å². The summed E-state index contributed by atoms with van der Waals surface area (Å²) in [6.07, 6.45) is -0.320. The SMILES string of the molecule is CCOC(=O)N1CCN(C(=O)Nc2nc(CC(=O)Nc3ccccc3Oc3ccccc3)cs2)CC1. The first-order valence-corrected chi connectivity index (χ1v) is 12.4. The number of ether oxygens (including phenoxy) is 2. The first kappa shape index (κ1) is 25.0. The zero-order chi connectivity index (χ0) is 25.3. The Labute approximate surface area is 212 Å². The molecule has 1 fully saturated rings. The summed E-state index contributed by atoms with van der Waals surface area (Å²) < 4.78 is 10.9. The van der Waals surface area contributed by atoms with Gasteiger partial charge in [0.05, 0.1) is 24.4 Å². The number of nitrogens with one attached hydrogen (secondary N) is 2. The number of hydrogen-bond donors (Lipinski definition) is 2. The van der Waals surface area contributed by atoms with E-state index in [9.17, 15) is 14.4 Å². The molecule has 0 saturated carbocycles. The van der Waals surface area contributed by atoms with Gasteiger partial charge in [0.15, 0.2) is 10.9 Å². The molecule has 36 heavy (non-hydrogen) atoms. The van der Waals surface area contributed by atoms with Crippen molar-refractivity contribution < 1.29 is 23.9 Å². The van der Waals surface area contributed by atoms with Crippen molar-refractivity contribution in [2.75, 3.05) is 43.4 Å².